The fraction of sp³-hybridized carbons (Fsp3) is 0.571. The molecule has 0 saturated heterocycles. The number of carboxylic acids is 1. The van der Waals surface area contributed by atoms with E-state index in [0.29, 0.717) is 4.88 Å². The van der Waals surface area contributed by atoms with Gasteiger partial charge in [0.2, 0.25) is 0 Å². The lowest BCUT2D eigenvalue weighted by molar-refractivity contribution is -0.139. The lowest BCUT2D eigenvalue weighted by Crippen LogP contribution is -2.34. The summed E-state index contributed by atoms with van der Waals surface area (Å²) in [7, 11) is 1.45. The van der Waals surface area contributed by atoms with Gasteiger partial charge in [0, 0.05) is 18.5 Å². The number of methoxy groups -OCH3 is 1. The number of carboxylic acid groups (broad SMARTS) is 1. The van der Waals surface area contributed by atoms with Crippen LogP contribution in [0.4, 0.5) is 0 Å². The minimum atomic E-state index is -0.933. The van der Waals surface area contributed by atoms with Crippen molar-refractivity contribution in [2.24, 2.45) is 0 Å². The third-order valence-corrected chi connectivity index (χ3v) is 4.68. The highest BCUT2D eigenvalue weighted by Crippen LogP contribution is 2.29. The van der Waals surface area contributed by atoms with Gasteiger partial charge in [0.1, 0.15) is 0 Å². The van der Waals surface area contributed by atoms with Crippen molar-refractivity contribution in [3.63, 3.8) is 0 Å². The van der Waals surface area contributed by atoms with Crippen LogP contribution < -0.4 is 5.32 Å². The van der Waals surface area contributed by atoms with Gasteiger partial charge in [-0.2, -0.15) is 0 Å². The lowest BCUT2D eigenvalue weighted by Gasteiger charge is -2.13. The van der Waals surface area contributed by atoms with Crippen molar-refractivity contribution in [2.75, 3.05) is 13.7 Å². The molecule has 1 atom stereocenters. The molecule has 1 heterocycles. The normalized spacial score (nSPS) is 15.4. The number of hydrogen-bond donors (Lipinski definition) is 2. The van der Waals surface area contributed by atoms with Crippen LogP contribution in [0.25, 0.3) is 0 Å². The number of thiophene rings is 1. The van der Waals surface area contributed by atoms with Gasteiger partial charge < -0.3 is 15.2 Å². The first-order valence-corrected chi connectivity index (χ1v) is 7.56. The molecule has 0 fully saturated rings. The molecule has 0 bridgehead atoms. The van der Waals surface area contributed by atoms with Crippen LogP contribution in [0.15, 0.2) is 6.07 Å². The summed E-state index contributed by atoms with van der Waals surface area (Å²) in [6.07, 6.45) is 3.89. The molecular weight excluding hydrogens is 278 g/mol. The number of fused-ring (bicyclic) bond motifs is 1. The number of aryl methyl sites for hydroxylation is 2. The zero-order valence-corrected chi connectivity index (χ0v) is 12.3. The first-order chi connectivity index (χ1) is 9.60. The molecule has 1 aliphatic rings. The number of aliphatic carboxylic acids is 1. The summed E-state index contributed by atoms with van der Waals surface area (Å²) < 4.78 is 5.04. The van der Waals surface area contributed by atoms with Gasteiger partial charge in [-0.25, -0.2) is 0 Å². The average molecular weight is 297 g/mol. The van der Waals surface area contributed by atoms with Crippen LogP contribution in [0.5, 0.6) is 0 Å². The molecule has 0 aliphatic heterocycles. The van der Waals surface area contributed by atoms with Crippen LogP contribution in [-0.2, 0) is 22.4 Å². The summed E-state index contributed by atoms with van der Waals surface area (Å²) in [4.78, 5) is 24.7. The highest BCUT2D eigenvalue weighted by Gasteiger charge is 2.18. The van der Waals surface area contributed by atoms with E-state index in [1.165, 1.54) is 30.4 Å². The van der Waals surface area contributed by atoms with Crippen molar-refractivity contribution < 1.29 is 19.4 Å². The Morgan fingerprint density at radius 1 is 1.45 bits per heavy atom. The molecule has 1 aliphatic carbocycles. The van der Waals surface area contributed by atoms with Gasteiger partial charge in [-0.1, -0.05) is 0 Å². The Morgan fingerprint density at radius 2 is 2.20 bits per heavy atom. The van der Waals surface area contributed by atoms with Crippen LogP contribution in [-0.4, -0.2) is 36.7 Å². The van der Waals surface area contributed by atoms with Crippen molar-refractivity contribution in [1.82, 2.24) is 5.32 Å². The standard InChI is InChI=1S/C14H19NO4S/c1-19-10(7-13(16)17)8-15-14(18)12-6-9-4-2-3-5-11(9)20-12/h6,10H,2-5,7-8H2,1H3,(H,15,18)(H,16,17). The second-order valence-electron chi connectivity index (χ2n) is 4.93. The van der Waals surface area contributed by atoms with Crippen molar-refractivity contribution in [3.05, 3.63) is 21.4 Å². The Kier molecular flexibility index (Phi) is 5.14. The third kappa shape index (κ3) is 3.80. The molecule has 0 spiro atoms. The van der Waals surface area contributed by atoms with Crippen LogP contribution in [0, 0.1) is 0 Å². The highest BCUT2D eigenvalue weighted by atomic mass is 32.1. The summed E-state index contributed by atoms with van der Waals surface area (Å²) in [6.45, 7) is 0.213. The van der Waals surface area contributed by atoms with E-state index in [9.17, 15) is 9.59 Å². The molecule has 0 radical (unpaired) electrons. The Hall–Kier alpha value is -1.40. The number of carbonyl (C=O) groups is 2. The Bertz CT molecular complexity index is 474. The molecule has 2 N–H and O–H groups in total. The maximum Gasteiger partial charge on any atom is 0.306 e. The number of amides is 1. The summed E-state index contributed by atoms with van der Waals surface area (Å²) in [5.74, 6) is -1.07. The molecule has 1 amide bonds. The quantitative estimate of drug-likeness (QED) is 0.840. The van der Waals surface area contributed by atoms with Crippen molar-refractivity contribution >= 4 is 23.2 Å². The second-order valence-corrected chi connectivity index (χ2v) is 6.07. The minimum Gasteiger partial charge on any atom is -0.481 e. The van der Waals surface area contributed by atoms with Crippen LogP contribution >= 0.6 is 11.3 Å². The van der Waals surface area contributed by atoms with Gasteiger partial charge in [-0.15, -0.1) is 11.3 Å². The fourth-order valence-corrected chi connectivity index (χ4v) is 3.50. The SMILES string of the molecule is COC(CNC(=O)c1cc2c(s1)CCCC2)CC(=O)O. The van der Waals surface area contributed by atoms with E-state index in [4.69, 9.17) is 9.84 Å². The smallest absolute Gasteiger partial charge is 0.306 e. The largest absolute Gasteiger partial charge is 0.481 e. The third-order valence-electron chi connectivity index (χ3n) is 3.45. The van der Waals surface area contributed by atoms with Crippen LogP contribution in [0.1, 0.15) is 39.4 Å². The molecule has 6 heteroatoms. The maximum absolute atomic E-state index is 12.1. The Balaban J connectivity index is 1.91. The van der Waals surface area contributed by atoms with Gasteiger partial charge in [0.25, 0.3) is 5.91 Å². The van der Waals surface area contributed by atoms with E-state index < -0.39 is 12.1 Å². The fourth-order valence-electron chi connectivity index (χ4n) is 2.33. The first-order valence-electron chi connectivity index (χ1n) is 6.74. The second kappa shape index (κ2) is 6.85. The predicted octanol–water partition coefficient (Wildman–Crippen LogP) is 1.85. The van der Waals surface area contributed by atoms with Gasteiger partial charge in [0.15, 0.2) is 0 Å². The first kappa shape index (κ1) is 15.0. The zero-order valence-electron chi connectivity index (χ0n) is 11.5. The van der Waals surface area contributed by atoms with Gasteiger partial charge >= 0.3 is 5.97 Å². The van der Waals surface area contributed by atoms with Gasteiger partial charge in [-0.05, 0) is 37.3 Å². The van der Waals surface area contributed by atoms with E-state index in [2.05, 4.69) is 5.32 Å². The Labute approximate surface area is 121 Å². The highest BCUT2D eigenvalue weighted by molar-refractivity contribution is 7.14. The van der Waals surface area contributed by atoms with Crippen molar-refractivity contribution in [3.8, 4) is 0 Å². The minimum absolute atomic E-state index is 0.113. The van der Waals surface area contributed by atoms with E-state index >= 15 is 0 Å². The van der Waals surface area contributed by atoms with E-state index in [1.54, 1.807) is 11.3 Å². The summed E-state index contributed by atoms with van der Waals surface area (Å²) >= 11 is 1.55. The van der Waals surface area contributed by atoms with Crippen LogP contribution in [0.2, 0.25) is 0 Å². The molecule has 1 aromatic rings. The molecule has 5 nitrogen and oxygen atoms in total. The van der Waals surface area contributed by atoms with Gasteiger partial charge in [0.05, 0.1) is 17.4 Å². The number of hydrogen-bond acceptors (Lipinski definition) is 4. The van der Waals surface area contributed by atoms with E-state index in [0.717, 1.165) is 12.8 Å². The average Bonchev–Trinajstić information content (AvgIpc) is 2.86. The number of nitrogens with one attached hydrogen (secondary N) is 1. The number of ether oxygens (including phenoxy) is 1. The molecule has 20 heavy (non-hydrogen) atoms. The molecule has 1 unspecified atom stereocenters. The van der Waals surface area contributed by atoms with E-state index in [1.807, 2.05) is 6.07 Å². The Morgan fingerprint density at radius 3 is 2.85 bits per heavy atom. The summed E-state index contributed by atoms with van der Waals surface area (Å²) in [5.41, 5.74) is 1.29. The lowest BCUT2D eigenvalue weighted by atomic mass is 9.99. The number of carbonyl (C=O) groups excluding carboxylic acids is 1. The molecule has 0 aromatic carbocycles. The summed E-state index contributed by atoms with van der Waals surface area (Å²) in [5, 5.41) is 11.5. The van der Waals surface area contributed by atoms with Crippen molar-refractivity contribution in [2.45, 2.75) is 38.2 Å². The predicted molar refractivity (Wildman–Crippen MR) is 76.3 cm³/mol. The summed E-state index contributed by atoms with van der Waals surface area (Å²) in [6, 6.07) is 1.97. The molecule has 0 saturated carbocycles. The van der Waals surface area contributed by atoms with Gasteiger partial charge in [-0.3, -0.25) is 9.59 Å². The maximum atomic E-state index is 12.1. The molecule has 2 rings (SSSR count). The van der Waals surface area contributed by atoms with Crippen molar-refractivity contribution in [1.29, 1.82) is 0 Å². The van der Waals surface area contributed by atoms with E-state index in [-0.39, 0.29) is 18.9 Å². The molecule has 1 aromatic heterocycles. The number of rotatable bonds is 6. The molecule has 110 valence electrons. The zero-order chi connectivity index (χ0) is 14.5. The monoisotopic (exact) mass is 297 g/mol. The molecular formula is C14H19NO4S. The topological polar surface area (TPSA) is 75.6 Å². The van der Waals surface area contributed by atoms with Crippen LogP contribution in [0.3, 0.4) is 0 Å².